The molecule has 2 N–H and O–H groups in total. The summed E-state index contributed by atoms with van der Waals surface area (Å²) >= 11 is 0. The molecule has 0 aliphatic heterocycles. The molecule has 0 saturated heterocycles. The van der Waals surface area contributed by atoms with Gasteiger partial charge in [-0.05, 0) is 25.1 Å². The van der Waals surface area contributed by atoms with Crippen molar-refractivity contribution in [2.24, 2.45) is 5.10 Å². The molecule has 0 unspecified atom stereocenters. The van der Waals surface area contributed by atoms with Crippen molar-refractivity contribution in [2.75, 3.05) is 10.6 Å². The van der Waals surface area contributed by atoms with Gasteiger partial charge in [-0.2, -0.15) is 5.10 Å². The third kappa shape index (κ3) is 5.14. The Morgan fingerprint density at radius 3 is 2.30 bits per heavy atom. The van der Waals surface area contributed by atoms with E-state index in [1.807, 2.05) is 0 Å². The minimum Gasteiger partial charge on any atom is -0.478 e. The van der Waals surface area contributed by atoms with Crippen LogP contribution in [0.25, 0.3) is 0 Å². The van der Waals surface area contributed by atoms with Crippen LogP contribution in [0.1, 0.15) is 22.8 Å². The monoisotopic (exact) mass is 389 g/mol. The highest BCUT2D eigenvalue weighted by Gasteiger charge is 2.28. The SMILES string of the molecule is C[C@@H](C(=O)N/N=C\c1ccccc1C(=O)O)N(c1ccccc1)S(C)(=O)=O. The van der Waals surface area contributed by atoms with E-state index >= 15 is 0 Å². The van der Waals surface area contributed by atoms with Crippen molar-refractivity contribution in [2.45, 2.75) is 13.0 Å². The predicted octanol–water partition coefficient (Wildman–Crippen LogP) is 1.69. The smallest absolute Gasteiger partial charge is 0.336 e. The number of rotatable bonds is 7. The maximum absolute atomic E-state index is 12.4. The average molecular weight is 389 g/mol. The number of benzene rings is 2. The lowest BCUT2D eigenvalue weighted by Crippen LogP contribution is -2.46. The number of sulfonamides is 1. The summed E-state index contributed by atoms with van der Waals surface area (Å²) in [5, 5.41) is 12.9. The second kappa shape index (κ2) is 8.45. The van der Waals surface area contributed by atoms with Crippen LogP contribution in [0.15, 0.2) is 59.7 Å². The van der Waals surface area contributed by atoms with Gasteiger partial charge in [-0.15, -0.1) is 0 Å². The quantitative estimate of drug-likeness (QED) is 0.552. The molecule has 0 heterocycles. The Morgan fingerprint density at radius 1 is 1.11 bits per heavy atom. The molecule has 8 nitrogen and oxygen atoms in total. The third-order valence-corrected chi connectivity index (χ3v) is 4.91. The van der Waals surface area contributed by atoms with Gasteiger partial charge in [-0.3, -0.25) is 9.10 Å². The standard InChI is InChI=1S/C18H19N3O5S/c1-13(21(27(2,25)26)15-9-4-3-5-10-15)17(22)20-19-12-14-8-6-7-11-16(14)18(23)24/h3-13H,1-2H3,(H,20,22)(H,23,24)/b19-12-/t13-/m0/s1. The number of carbonyl (C=O) groups excluding carboxylic acids is 1. The van der Waals surface area contributed by atoms with Crippen molar-refractivity contribution in [3.05, 3.63) is 65.7 Å². The van der Waals surface area contributed by atoms with E-state index in [2.05, 4.69) is 10.5 Å². The molecule has 27 heavy (non-hydrogen) atoms. The Bertz CT molecular complexity index is 958. The molecule has 0 saturated carbocycles. The van der Waals surface area contributed by atoms with Gasteiger partial charge in [0.1, 0.15) is 6.04 Å². The van der Waals surface area contributed by atoms with E-state index in [1.54, 1.807) is 42.5 Å². The lowest BCUT2D eigenvalue weighted by Gasteiger charge is -2.27. The number of anilines is 1. The van der Waals surface area contributed by atoms with Crippen molar-refractivity contribution in [1.82, 2.24) is 5.43 Å². The number of amides is 1. The topological polar surface area (TPSA) is 116 Å². The molecule has 0 aliphatic rings. The highest BCUT2D eigenvalue weighted by molar-refractivity contribution is 7.92. The number of carboxylic acids is 1. The summed E-state index contributed by atoms with van der Waals surface area (Å²) in [6.07, 6.45) is 2.21. The van der Waals surface area contributed by atoms with E-state index < -0.39 is 27.9 Å². The zero-order chi connectivity index (χ0) is 20.0. The number of nitrogens with one attached hydrogen (secondary N) is 1. The van der Waals surface area contributed by atoms with Crippen LogP contribution in [0, 0.1) is 0 Å². The Hall–Kier alpha value is -3.20. The Kier molecular flexibility index (Phi) is 6.30. The van der Waals surface area contributed by atoms with Crippen LogP contribution in [0.3, 0.4) is 0 Å². The normalized spacial score (nSPS) is 12.5. The maximum atomic E-state index is 12.4. The molecule has 2 aromatic carbocycles. The summed E-state index contributed by atoms with van der Waals surface area (Å²) in [5.41, 5.74) is 2.94. The molecule has 2 rings (SSSR count). The van der Waals surface area contributed by atoms with Gasteiger partial charge in [-0.25, -0.2) is 18.6 Å². The first kappa shape index (κ1) is 20.1. The third-order valence-electron chi connectivity index (χ3n) is 3.67. The highest BCUT2D eigenvalue weighted by atomic mass is 32.2. The summed E-state index contributed by atoms with van der Waals surface area (Å²) in [7, 11) is -3.71. The molecule has 0 spiro atoms. The van der Waals surface area contributed by atoms with E-state index in [9.17, 15) is 18.0 Å². The first-order valence-corrected chi connectivity index (χ1v) is 9.76. The van der Waals surface area contributed by atoms with E-state index in [4.69, 9.17) is 5.11 Å². The maximum Gasteiger partial charge on any atom is 0.336 e. The van der Waals surface area contributed by atoms with Crippen molar-refractivity contribution in [1.29, 1.82) is 0 Å². The molecule has 2 aromatic rings. The van der Waals surface area contributed by atoms with Crippen LogP contribution in [0.2, 0.25) is 0 Å². The fourth-order valence-electron chi connectivity index (χ4n) is 2.45. The molecule has 9 heteroatoms. The number of hydrazone groups is 1. The lowest BCUT2D eigenvalue weighted by molar-refractivity contribution is -0.121. The first-order valence-electron chi connectivity index (χ1n) is 7.91. The fraction of sp³-hybridized carbons (Fsp3) is 0.167. The predicted molar refractivity (Wildman–Crippen MR) is 102 cm³/mol. The van der Waals surface area contributed by atoms with Crippen LogP contribution in [-0.4, -0.2) is 43.9 Å². The number of aromatic carboxylic acids is 1. The molecular weight excluding hydrogens is 370 g/mol. The molecule has 0 aliphatic carbocycles. The van der Waals surface area contributed by atoms with Gasteiger partial charge in [0.05, 0.1) is 23.7 Å². The van der Waals surface area contributed by atoms with Crippen molar-refractivity contribution in [3.63, 3.8) is 0 Å². The fourth-order valence-corrected chi connectivity index (χ4v) is 3.62. The Morgan fingerprint density at radius 2 is 1.70 bits per heavy atom. The summed E-state index contributed by atoms with van der Waals surface area (Å²) in [6.45, 7) is 1.43. The van der Waals surface area contributed by atoms with Crippen LogP contribution in [0.5, 0.6) is 0 Å². The zero-order valence-corrected chi connectivity index (χ0v) is 15.6. The van der Waals surface area contributed by atoms with Crippen LogP contribution in [-0.2, 0) is 14.8 Å². The second-order valence-corrected chi connectivity index (χ2v) is 7.56. The number of nitrogens with zero attached hydrogens (tertiary/aromatic N) is 2. The molecule has 142 valence electrons. The van der Waals surface area contributed by atoms with Crippen molar-refractivity contribution < 1.29 is 23.1 Å². The van der Waals surface area contributed by atoms with Gasteiger partial charge < -0.3 is 5.11 Å². The summed E-state index contributed by atoms with van der Waals surface area (Å²) in [4.78, 5) is 23.5. The molecule has 0 radical (unpaired) electrons. The second-order valence-electron chi connectivity index (χ2n) is 5.70. The highest BCUT2D eigenvalue weighted by Crippen LogP contribution is 2.20. The van der Waals surface area contributed by atoms with Crippen LogP contribution in [0.4, 0.5) is 5.69 Å². The Labute approximate surface area is 157 Å². The zero-order valence-electron chi connectivity index (χ0n) is 14.7. The van der Waals surface area contributed by atoms with E-state index in [0.29, 0.717) is 11.3 Å². The van der Waals surface area contributed by atoms with Crippen LogP contribution < -0.4 is 9.73 Å². The van der Waals surface area contributed by atoms with Crippen molar-refractivity contribution in [3.8, 4) is 0 Å². The summed E-state index contributed by atoms with van der Waals surface area (Å²) < 4.78 is 25.3. The van der Waals surface area contributed by atoms with Gasteiger partial charge in [0.25, 0.3) is 5.91 Å². The van der Waals surface area contributed by atoms with Gasteiger partial charge in [0.15, 0.2) is 0 Å². The first-order chi connectivity index (χ1) is 12.7. The molecule has 1 atom stereocenters. The largest absolute Gasteiger partial charge is 0.478 e. The number of carboxylic acid groups (broad SMARTS) is 1. The van der Waals surface area contributed by atoms with Crippen LogP contribution >= 0.6 is 0 Å². The molecule has 0 fully saturated rings. The van der Waals surface area contributed by atoms with Gasteiger partial charge >= 0.3 is 5.97 Å². The average Bonchev–Trinajstić information content (AvgIpc) is 2.61. The summed E-state index contributed by atoms with van der Waals surface area (Å²) in [6, 6.07) is 13.3. The minimum atomic E-state index is -3.71. The van der Waals surface area contributed by atoms with Gasteiger partial charge in [0, 0.05) is 5.56 Å². The minimum absolute atomic E-state index is 0.0330. The van der Waals surface area contributed by atoms with E-state index in [-0.39, 0.29) is 5.56 Å². The molecular formula is C18H19N3O5S. The number of para-hydroxylation sites is 1. The van der Waals surface area contributed by atoms with Gasteiger partial charge in [-0.1, -0.05) is 36.4 Å². The molecule has 0 bridgehead atoms. The number of hydrogen-bond donors (Lipinski definition) is 2. The number of carbonyl (C=O) groups is 2. The summed E-state index contributed by atoms with van der Waals surface area (Å²) in [5.74, 6) is -1.78. The van der Waals surface area contributed by atoms with Gasteiger partial charge in [0.2, 0.25) is 10.0 Å². The van der Waals surface area contributed by atoms with Crippen molar-refractivity contribution >= 4 is 33.8 Å². The lowest BCUT2D eigenvalue weighted by atomic mass is 10.1. The van der Waals surface area contributed by atoms with E-state index in [0.717, 1.165) is 10.6 Å². The number of hydrogen-bond acceptors (Lipinski definition) is 5. The van der Waals surface area contributed by atoms with E-state index in [1.165, 1.54) is 25.3 Å². The molecule has 0 aromatic heterocycles. The Balaban J connectivity index is 2.18. The molecule has 1 amide bonds.